The molecule has 0 aromatic carbocycles. The van der Waals surface area contributed by atoms with Crippen molar-refractivity contribution < 1.29 is 0 Å². The second-order valence-electron chi connectivity index (χ2n) is 4.35. The Morgan fingerprint density at radius 1 is 0.647 bits per heavy atom. The summed E-state index contributed by atoms with van der Waals surface area (Å²) in [5, 5.41) is 0. The van der Waals surface area contributed by atoms with Crippen molar-refractivity contribution in [3.8, 4) is 23.2 Å². The molecule has 0 amide bonds. The van der Waals surface area contributed by atoms with Gasteiger partial charge in [-0.2, -0.15) is 0 Å². The zero-order chi connectivity index (χ0) is 12.6. The fraction of sp³-hybridized carbons (Fsp3) is 0.750. The molecule has 0 radical (unpaired) electrons. The van der Waals surface area contributed by atoms with Crippen molar-refractivity contribution in [3.05, 3.63) is 0 Å². The topological polar surface area (TPSA) is 0 Å². The van der Waals surface area contributed by atoms with E-state index in [1.54, 1.807) is 0 Å². The summed E-state index contributed by atoms with van der Waals surface area (Å²) in [4.78, 5) is 0. The highest BCUT2D eigenvalue weighted by Gasteiger charge is 1.84. The molecule has 0 nitrogen and oxygen atoms in total. The van der Waals surface area contributed by atoms with Crippen molar-refractivity contribution in [2.45, 2.75) is 78.1 Å². The number of rotatable bonds is 8. The Morgan fingerprint density at radius 3 is 1.53 bits per heavy atom. The van der Waals surface area contributed by atoms with Crippen LogP contribution in [0.2, 0.25) is 0 Å². The summed E-state index contributed by atoms with van der Waals surface area (Å²) in [6.45, 7) is 4.48. The van der Waals surface area contributed by atoms with Crippen LogP contribution in [0.1, 0.15) is 78.1 Å². The van der Waals surface area contributed by atoms with Gasteiger partial charge in [-0.15, -0.1) is 0 Å². The Morgan fingerprint density at radius 2 is 1.12 bits per heavy atom. The van der Waals surface area contributed by atoms with Crippen LogP contribution in [0.5, 0.6) is 0 Å². The van der Waals surface area contributed by atoms with Gasteiger partial charge >= 0.3 is 0 Å². The lowest BCUT2D eigenvalue weighted by atomic mass is 10.2. The standard InChI is InChI=1S/C16H27P/c1-3-5-7-9-11-13-15-17-16-14-12-10-8-6-4-2/h17H,3-12H2,1-2H3. The van der Waals surface area contributed by atoms with E-state index < -0.39 is 0 Å². The van der Waals surface area contributed by atoms with Crippen LogP contribution in [0.4, 0.5) is 0 Å². The van der Waals surface area contributed by atoms with Gasteiger partial charge in [0, 0.05) is 21.4 Å². The highest BCUT2D eigenvalue weighted by molar-refractivity contribution is 7.49. The Bertz CT molecular complexity index is 231. The minimum absolute atomic E-state index is 0.534. The Labute approximate surface area is 110 Å². The number of unbranched alkanes of at least 4 members (excludes halogenated alkanes) is 8. The first-order valence-corrected chi connectivity index (χ1v) is 8.12. The predicted octanol–water partition coefficient (Wildman–Crippen LogP) is 5.53. The van der Waals surface area contributed by atoms with E-state index >= 15 is 0 Å². The quantitative estimate of drug-likeness (QED) is 0.302. The van der Waals surface area contributed by atoms with Crippen molar-refractivity contribution >= 4 is 8.58 Å². The smallest absolute Gasteiger partial charge is 0.0358 e. The fourth-order valence-electron chi connectivity index (χ4n) is 1.52. The van der Waals surface area contributed by atoms with Crippen LogP contribution in [0, 0.1) is 23.2 Å². The molecule has 0 aliphatic heterocycles. The average Bonchev–Trinajstić information content (AvgIpc) is 2.35. The minimum atomic E-state index is 0.534. The van der Waals surface area contributed by atoms with Crippen molar-refractivity contribution in [2.75, 3.05) is 0 Å². The second-order valence-corrected chi connectivity index (χ2v) is 5.10. The van der Waals surface area contributed by atoms with Crippen LogP contribution in [-0.4, -0.2) is 0 Å². The van der Waals surface area contributed by atoms with E-state index in [4.69, 9.17) is 0 Å². The molecule has 96 valence electrons. The lowest BCUT2D eigenvalue weighted by molar-refractivity contribution is 0.680. The van der Waals surface area contributed by atoms with Gasteiger partial charge in [0.15, 0.2) is 0 Å². The van der Waals surface area contributed by atoms with Gasteiger partial charge in [0.05, 0.1) is 0 Å². The molecule has 0 fully saturated rings. The molecule has 0 aromatic heterocycles. The van der Waals surface area contributed by atoms with E-state index in [1.165, 1.54) is 51.4 Å². The number of hydrogen-bond acceptors (Lipinski definition) is 0. The van der Waals surface area contributed by atoms with Crippen molar-refractivity contribution in [3.63, 3.8) is 0 Å². The van der Waals surface area contributed by atoms with Gasteiger partial charge in [0.1, 0.15) is 0 Å². The summed E-state index contributed by atoms with van der Waals surface area (Å²) >= 11 is 0. The highest BCUT2D eigenvalue weighted by Crippen LogP contribution is 2.06. The lowest BCUT2D eigenvalue weighted by Crippen LogP contribution is -1.73. The Hall–Kier alpha value is -0.450. The lowest BCUT2D eigenvalue weighted by Gasteiger charge is -1.91. The minimum Gasteiger partial charge on any atom is -0.0979 e. The van der Waals surface area contributed by atoms with Gasteiger partial charge in [0.25, 0.3) is 0 Å². The third-order valence-electron chi connectivity index (χ3n) is 2.61. The van der Waals surface area contributed by atoms with Gasteiger partial charge < -0.3 is 0 Å². The summed E-state index contributed by atoms with van der Waals surface area (Å²) in [7, 11) is 0.534. The average molecular weight is 250 g/mol. The number of hydrogen-bond donors (Lipinski definition) is 0. The van der Waals surface area contributed by atoms with Gasteiger partial charge in [-0.05, 0) is 12.8 Å². The molecule has 0 aliphatic carbocycles. The molecule has 0 rings (SSSR count). The first kappa shape index (κ1) is 16.6. The molecule has 0 spiro atoms. The fourth-order valence-corrected chi connectivity index (χ4v) is 2.01. The Balaban J connectivity index is 3.25. The second kappa shape index (κ2) is 15.6. The van der Waals surface area contributed by atoms with Crippen LogP contribution in [0.3, 0.4) is 0 Å². The van der Waals surface area contributed by atoms with Crippen LogP contribution < -0.4 is 0 Å². The summed E-state index contributed by atoms with van der Waals surface area (Å²) in [6, 6.07) is 0. The van der Waals surface area contributed by atoms with Crippen molar-refractivity contribution in [2.24, 2.45) is 0 Å². The summed E-state index contributed by atoms with van der Waals surface area (Å²) < 4.78 is 0. The van der Waals surface area contributed by atoms with E-state index in [2.05, 4.69) is 37.0 Å². The highest BCUT2D eigenvalue weighted by atomic mass is 31.1. The van der Waals surface area contributed by atoms with Crippen LogP contribution >= 0.6 is 8.58 Å². The summed E-state index contributed by atoms with van der Waals surface area (Å²) in [5.41, 5.74) is 6.34. The van der Waals surface area contributed by atoms with Crippen molar-refractivity contribution in [1.29, 1.82) is 0 Å². The molecular formula is C16H27P. The van der Waals surface area contributed by atoms with E-state index in [9.17, 15) is 0 Å². The molecule has 1 heteroatoms. The SMILES string of the molecule is CCCCCCC#CPC#CCCCCCC. The molecule has 0 aromatic rings. The third-order valence-corrected chi connectivity index (χ3v) is 3.22. The van der Waals surface area contributed by atoms with Gasteiger partial charge in [-0.1, -0.05) is 75.5 Å². The Kier molecular flexibility index (Phi) is 15.1. The maximum atomic E-state index is 3.22. The van der Waals surface area contributed by atoms with E-state index in [0.717, 1.165) is 12.8 Å². The maximum absolute atomic E-state index is 3.22. The molecule has 0 bridgehead atoms. The largest absolute Gasteiger partial charge is 0.0979 e. The predicted molar refractivity (Wildman–Crippen MR) is 81.4 cm³/mol. The van der Waals surface area contributed by atoms with E-state index in [0.29, 0.717) is 8.58 Å². The molecule has 0 atom stereocenters. The normalized spacial score (nSPS) is 9.06. The third kappa shape index (κ3) is 15.5. The van der Waals surface area contributed by atoms with Crippen LogP contribution in [-0.2, 0) is 0 Å². The first-order chi connectivity index (χ1) is 8.41. The molecule has 0 saturated heterocycles. The molecule has 17 heavy (non-hydrogen) atoms. The summed E-state index contributed by atoms with van der Waals surface area (Å²) in [5.74, 6) is 6.43. The molecule has 0 heterocycles. The van der Waals surface area contributed by atoms with E-state index in [-0.39, 0.29) is 0 Å². The molecule has 0 aliphatic rings. The summed E-state index contributed by atoms with van der Waals surface area (Å²) in [6.07, 6.45) is 12.6. The monoisotopic (exact) mass is 250 g/mol. The van der Waals surface area contributed by atoms with Gasteiger partial charge in [-0.3, -0.25) is 0 Å². The first-order valence-electron chi connectivity index (χ1n) is 7.12. The van der Waals surface area contributed by atoms with Crippen LogP contribution in [0.25, 0.3) is 0 Å². The zero-order valence-corrected chi connectivity index (χ0v) is 12.6. The van der Waals surface area contributed by atoms with Crippen LogP contribution in [0.15, 0.2) is 0 Å². The van der Waals surface area contributed by atoms with Gasteiger partial charge in [-0.25, -0.2) is 0 Å². The maximum Gasteiger partial charge on any atom is 0.0358 e. The molecular weight excluding hydrogens is 223 g/mol. The van der Waals surface area contributed by atoms with Crippen molar-refractivity contribution in [1.82, 2.24) is 0 Å². The van der Waals surface area contributed by atoms with E-state index in [1.807, 2.05) is 0 Å². The molecule has 0 unspecified atom stereocenters. The molecule has 0 N–H and O–H groups in total. The van der Waals surface area contributed by atoms with Gasteiger partial charge in [0.2, 0.25) is 0 Å². The zero-order valence-electron chi connectivity index (χ0n) is 11.6. The molecule has 0 saturated carbocycles.